The maximum absolute atomic E-state index is 4.46. The van der Waals surface area contributed by atoms with Crippen molar-refractivity contribution in [3.63, 3.8) is 0 Å². The molecule has 1 atom stereocenters. The van der Waals surface area contributed by atoms with Gasteiger partial charge in [0.2, 0.25) is 0 Å². The Morgan fingerprint density at radius 1 is 1.33 bits per heavy atom. The number of rotatable bonds is 1. The average molecular weight is 268 g/mol. The molecule has 0 radical (unpaired) electrons. The van der Waals surface area contributed by atoms with Gasteiger partial charge in [0.25, 0.3) is 0 Å². The summed E-state index contributed by atoms with van der Waals surface area (Å²) in [6.45, 7) is 2.21. The fourth-order valence-corrected chi connectivity index (χ4v) is 3.08. The van der Waals surface area contributed by atoms with Crippen molar-refractivity contribution >= 4 is 21.7 Å². The normalized spacial score (nSPS) is 24.6. The Hall–Kier alpha value is -0.640. The van der Waals surface area contributed by atoms with Gasteiger partial charge < -0.3 is 4.90 Å². The van der Waals surface area contributed by atoms with Crippen molar-refractivity contribution in [2.45, 2.75) is 30.5 Å². The molecule has 15 heavy (non-hydrogen) atoms. The molecular weight excluding hydrogens is 254 g/mol. The fraction of sp³-hybridized carbons (Fsp3) is 0.636. The van der Waals surface area contributed by atoms with Crippen LogP contribution >= 0.6 is 15.9 Å². The number of aryl methyl sites for hydroxylation is 1. The summed E-state index contributed by atoms with van der Waals surface area (Å²) in [6.07, 6.45) is 6.48. The molecule has 1 aromatic rings. The van der Waals surface area contributed by atoms with Crippen molar-refractivity contribution < 1.29 is 0 Å². The minimum atomic E-state index is 0.629. The smallest absolute Gasteiger partial charge is 0.135 e. The molecule has 0 bridgehead atoms. The lowest BCUT2D eigenvalue weighted by Gasteiger charge is -2.19. The molecule has 1 aromatic heterocycles. The topological polar surface area (TPSA) is 29.0 Å². The van der Waals surface area contributed by atoms with Crippen molar-refractivity contribution in [3.05, 3.63) is 17.6 Å². The lowest BCUT2D eigenvalue weighted by molar-refractivity contribution is 0.891. The molecule has 0 aromatic carbocycles. The lowest BCUT2D eigenvalue weighted by atomic mass is 10.2. The zero-order valence-corrected chi connectivity index (χ0v) is 10.2. The van der Waals surface area contributed by atoms with Crippen LogP contribution in [0, 0.1) is 0 Å². The molecule has 2 heterocycles. The minimum Gasteiger partial charge on any atom is -0.355 e. The van der Waals surface area contributed by atoms with Crippen molar-refractivity contribution in [3.8, 4) is 0 Å². The summed E-state index contributed by atoms with van der Waals surface area (Å²) in [5.41, 5.74) is 2.68. The molecule has 1 fully saturated rings. The number of nitrogens with zero attached hydrogens (tertiary/aromatic N) is 3. The van der Waals surface area contributed by atoms with E-state index in [-0.39, 0.29) is 0 Å². The van der Waals surface area contributed by atoms with E-state index in [4.69, 9.17) is 0 Å². The number of hydrogen-bond donors (Lipinski definition) is 0. The SMILES string of the molecule is BrC1CCN(c2ncnc3c2CCC3)C1. The standard InChI is InChI=1S/C11H14BrN3/c12-8-4-5-15(6-8)11-9-2-1-3-10(9)13-7-14-11/h7-8H,1-6H2. The summed E-state index contributed by atoms with van der Waals surface area (Å²) in [4.78, 5) is 11.8. The summed E-state index contributed by atoms with van der Waals surface area (Å²) < 4.78 is 0. The second kappa shape index (κ2) is 3.74. The van der Waals surface area contributed by atoms with Crippen molar-refractivity contribution in [2.75, 3.05) is 18.0 Å². The van der Waals surface area contributed by atoms with Gasteiger partial charge in [-0.3, -0.25) is 0 Å². The third-order valence-electron chi connectivity index (χ3n) is 3.28. The molecule has 0 N–H and O–H groups in total. The third-order valence-corrected chi connectivity index (χ3v) is 4.03. The number of fused-ring (bicyclic) bond motifs is 1. The highest BCUT2D eigenvalue weighted by Crippen LogP contribution is 2.30. The van der Waals surface area contributed by atoms with Crippen LogP contribution in [0.25, 0.3) is 0 Å². The first-order chi connectivity index (χ1) is 7.34. The maximum Gasteiger partial charge on any atom is 0.135 e. The fourth-order valence-electron chi connectivity index (χ4n) is 2.52. The molecule has 1 saturated heterocycles. The molecule has 0 amide bonds. The van der Waals surface area contributed by atoms with Gasteiger partial charge in [0.1, 0.15) is 12.1 Å². The maximum atomic E-state index is 4.46. The Bertz CT molecular complexity index is 380. The van der Waals surface area contributed by atoms with E-state index in [0.717, 1.165) is 25.9 Å². The van der Waals surface area contributed by atoms with Crippen LogP contribution in [0.1, 0.15) is 24.1 Å². The van der Waals surface area contributed by atoms with Gasteiger partial charge in [-0.05, 0) is 25.7 Å². The van der Waals surface area contributed by atoms with Gasteiger partial charge in [-0.15, -0.1) is 0 Å². The minimum absolute atomic E-state index is 0.629. The molecule has 1 aliphatic heterocycles. The molecule has 4 heteroatoms. The van der Waals surface area contributed by atoms with E-state index in [9.17, 15) is 0 Å². The zero-order chi connectivity index (χ0) is 10.3. The van der Waals surface area contributed by atoms with Gasteiger partial charge in [0.15, 0.2) is 0 Å². The van der Waals surface area contributed by atoms with Gasteiger partial charge in [0, 0.05) is 29.2 Å². The Morgan fingerprint density at radius 2 is 2.27 bits per heavy atom. The molecule has 1 unspecified atom stereocenters. The van der Waals surface area contributed by atoms with Crippen molar-refractivity contribution in [1.82, 2.24) is 9.97 Å². The molecule has 0 spiro atoms. The van der Waals surface area contributed by atoms with Gasteiger partial charge in [-0.2, -0.15) is 0 Å². The van der Waals surface area contributed by atoms with Gasteiger partial charge in [0.05, 0.1) is 0 Å². The average Bonchev–Trinajstić information content (AvgIpc) is 2.84. The summed E-state index contributed by atoms with van der Waals surface area (Å²) in [5, 5.41) is 0. The summed E-state index contributed by atoms with van der Waals surface area (Å²) in [7, 11) is 0. The molecule has 3 rings (SSSR count). The van der Waals surface area contributed by atoms with E-state index in [0.29, 0.717) is 4.83 Å². The summed E-state index contributed by atoms with van der Waals surface area (Å²) >= 11 is 3.67. The van der Waals surface area contributed by atoms with Crippen LogP contribution in [-0.4, -0.2) is 27.9 Å². The van der Waals surface area contributed by atoms with Crippen LogP contribution in [0.15, 0.2) is 6.33 Å². The first-order valence-corrected chi connectivity index (χ1v) is 6.48. The molecule has 80 valence electrons. The van der Waals surface area contributed by atoms with E-state index >= 15 is 0 Å². The highest BCUT2D eigenvalue weighted by molar-refractivity contribution is 9.09. The van der Waals surface area contributed by atoms with Gasteiger partial charge in [-0.25, -0.2) is 9.97 Å². The van der Waals surface area contributed by atoms with Gasteiger partial charge in [-0.1, -0.05) is 15.9 Å². The second-order valence-electron chi connectivity index (χ2n) is 4.31. The van der Waals surface area contributed by atoms with Crippen LogP contribution in [0.3, 0.4) is 0 Å². The highest BCUT2D eigenvalue weighted by atomic mass is 79.9. The zero-order valence-electron chi connectivity index (χ0n) is 8.62. The number of halogens is 1. The van der Waals surface area contributed by atoms with Gasteiger partial charge >= 0.3 is 0 Å². The monoisotopic (exact) mass is 267 g/mol. The number of aromatic nitrogens is 2. The predicted octanol–water partition coefficient (Wildman–Crippen LogP) is 1.94. The number of hydrogen-bond acceptors (Lipinski definition) is 3. The van der Waals surface area contributed by atoms with E-state index in [1.807, 2.05) is 0 Å². The van der Waals surface area contributed by atoms with Crippen LogP contribution in [0.5, 0.6) is 0 Å². The Kier molecular flexibility index (Phi) is 2.39. The van der Waals surface area contributed by atoms with Crippen LogP contribution in [0.2, 0.25) is 0 Å². The summed E-state index contributed by atoms with van der Waals surface area (Å²) in [5.74, 6) is 1.19. The molecule has 3 nitrogen and oxygen atoms in total. The first-order valence-electron chi connectivity index (χ1n) is 5.56. The number of alkyl halides is 1. The van der Waals surface area contributed by atoms with E-state index in [1.54, 1.807) is 6.33 Å². The van der Waals surface area contributed by atoms with Crippen LogP contribution in [-0.2, 0) is 12.8 Å². The van der Waals surface area contributed by atoms with E-state index < -0.39 is 0 Å². The Labute approximate surface area is 98.0 Å². The molecule has 0 saturated carbocycles. The Morgan fingerprint density at radius 3 is 3.07 bits per heavy atom. The van der Waals surface area contributed by atoms with E-state index in [2.05, 4.69) is 30.8 Å². The van der Waals surface area contributed by atoms with Crippen molar-refractivity contribution in [2.24, 2.45) is 0 Å². The lowest BCUT2D eigenvalue weighted by Crippen LogP contribution is -2.22. The third kappa shape index (κ3) is 1.65. The highest BCUT2D eigenvalue weighted by Gasteiger charge is 2.26. The number of anilines is 1. The van der Waals surface area contributed by atoms with Crippen LogP contribution < -0.4 is 4.90 Å². The largest absolute Gasteiger partial charge is 0.355 e. The van der Waals surface area contributed by atoms with Crippen LogP contribution in [0.4, 0.5) is 5.82 Å². The molecular formula is C11H14BrN3. The Balaban J connectivity index is 1.95. The molecule has 1 aliphatic carbocycles. The predicted molar refractivity (Wildman–Crippen MR) is 63.6 cm³/mol. The molecule has 2 aliphatic rings. The van der Waals surface area contributed by atoms with Crippen molar-refractivity contribution in [1.29, 1.82) is 0 Å². The van der Waals surface area contributed by atoms with E-state index in [1.165, 1.54) is 29.9 Å². The second-order valence-corrected chi connectivity index (χ2v) is 5.60. The first kappa shape index (κ1) is 9.58. The quantitative estimate of drug-likeness (QED) is 0.729. The summed E-state index contributed by atoms with van der Waals surface area (Å²) in [6, 6.07) is 0.